The largest absolute Gasteiger partial charge is 0.478 e. The number of benzene rings is 2. The van der Waals surface area contributed by atoms with Gasteiger partial charge in [-0.3, -0.25) is 9.18 Å². The number of carbonyl (C=O) groups excluding carboxylic acids is 1. The number of nitrogens with one attached hydrogen (secondary N) is 1. The van der Waals surface area contributed by atoms with Crippen LogP contribution >= 0.6 is 0 Å². The lowest BCUT2D eigenvalue weighted by Gasteiger charge is -2.22. The van der Waals surface area contributed by atoms with Crippen molar-refractivity contribution in [3.63, 3.8) is 0 Å². The fourth-order valence-electron chi connectivity index (χ4n) is 4.76. The summed E-state index contributed by atoms with van der Waals surface area (Å²) in [6, 6.07) is 8.12. The minimum atomic E-state index is -5.00. The van der Waals surface area contributed by atoms with Crippen LogP contribution < -0.4 is 10.2 Å². The van der Waals surface area contributed by atoms with Crippen LogP contribution in [0.1, 0.15) is 68.1 Å². The first-order valence-corrected chi connectivity index (χ1v) is 12.5. The van der Waals surface area contributed by atoms with Gasteiger partial charge in [-0.05, 0) is 54.7 Å². The third kappa shape index (κ3) is 6.46. The number of halogens is 7. The maximum atomic E-state index is 13.9. The van der Waals surface area contributed by atoms with Crippen molar-refractivity contribution in [2.24, 2.45) is 0 Å². The standard InChI is InChI=1S/C27H25F7N4O3/c1-15(17-6-8-19(9-7-17)25(40)41)35-23(39)21-22(27(32,33)34)36-38-12-11-37(24(21)38)14-16-4-5-18(3-2-10-28)20(13-16)26(29,30)31/h4-9,13,15H,2-3,10-12,14H2,1H3,(H,35,39)(H,40,41)/t15-/m0/s1. The Morgan fingerprint density at radius 1 is 1.02 bits per heavy atom. The van der Waals surface area contributed by atoms with E-state index in [0.717, 1.165) is 10.7 Å². The number of hydrogen-bond acceptors (Lipinski definition) is 4. The Balaban J connectivity index is 1.65. The van der Waals surface area contributed by atoms with Crippen molar-refractivity contribution >= 4 is 17.7 Å². The summed E-state index contributed by atoms with van der Waals surface area (Å²) in [6.07, 6.45) is -9.93. The monoisotopic (exact) mass is 586 g/mol. The number of aromatic nitrogens is 2. The van der Waals surface area contributed by atoms with Gasteiger partial charge >= 0.3 is 18.3 Å². The Morgan fingerprint density at radius 3 is 2.29 bits per heavy atom. The quantitative estimate of drug-likeness (QED) is 0.299. The highest BCUT2D eigenvalue weighted by Crippen LogP contribution is 2.39. The third-order valence-corrected chi connectivity index (χ3v) is 6.74. The molecule has 2 N–H and O–H groups in total. The number of fused-ring (bicyclic) bond motifs is 1. The van der Waals surface area contributed by atoms with Crippen LogP contribution in [0.25, 0.3) is 0 Å². The first-order valence-electron chi connectivity index (χ1n) is 12.5. The molecule has 4 rings (SSSR count). The van der Waals surface area contributed by atoms with E-state index in [1.54, 1.807) is 0 Å². The summed E-state index contributed by atoms with van der Waals surface area (Å²) in [4.78, 5) is 25.7. The average molecular weight is 587 g/mol. The molecule has 1 atom stereocenters. The smallest absolute Gasteiger partial charge is 0.436 e. The van der Waals surface area contributed by atoms with E-state index in [-0.39, 0.29) is 55.0 Å². The Labute approximate surface area is 229 Å². The maximum Gasteiger partial charge on any atom is 0.436 e. The van der Waals surface area contributed by atoms with Crippen LogP contribution in [0.3, 0.4) is 0 Å². The number of anilines is 1. The summed E-state index contributed by atoms with van der Waals surface area (Å²) in [5.74, 6) is -2.45. The first-order chi connectivity index (χ1) is 19.2. The summed E-state index contributed by atoms with van der Waals surface area (Å²) in [6.45, 7) is 0.555. The maximum absolute atomic E-state index is 13.9. The number of aryl methyl sites for hydroxylation is 1. The number of carboxylic acids is 1. The van der Waals surface area contributed by atoms with E-state index in [1.165, 1.54) is 48.2 Å². The lowest BCUT2D eigenvalue weighted by Crippen LogP contribution is -2.31. The topological polar surface area (TPSA) is 87.5 Å². The summed E-state index contributed by atoms with van der Waals surface area (Å²) >= 11 is 0. The molecule has 1 aromatic heterocycles. The van der Waals surface area contributed by atoms with Crippen LogP contribution in [0.2, 0.25) is 0 Å². The molecular weight excluding hydrogens is 561 g/mol. The van der Waals surface area contributed by atoms with Crippen LogP contribution in [-0.4, -0.2) is 40.0 Å². The highest BCUT2D eigenvalue weighted by Gasteiger charge is 2.44. The predicted octanol–water partition coefficient (Wildman–Crippen LogP) is 6.03. The van der Waals surface area contributed by atoms with Crippen LogP contribution in [0.5, 0.6) is 0 Å². The molecule has 1 aliphatic rings. The van der Waals surface area contributed by atoms with Gasteiger partial charge in [-0.1, -0.05) is 24.3 Å². The van der Waals surface area contributed by atoms with E-state index >= 15 is 0 Å². The molecule has 2 heterocycles. The molecule has 2 aromatic carbocycles. The van der Waals surface area contributed by atoms with Gasteiger partial charge in [0.15, 0.2) is 5.69 Å². The van der Waals surface area contributed by atoms with Gasteiger partial charge in [-0.15, -0.1) is 0 Å². The molecule has 0 spiro atoms. The highest BCUT2D eigenvalue weighted by molar-refractivity contribution is 6.01. The van der Waals surface area contributed by atoms with Crippen LogP contribution in [0, 0.1) is 0 Å². The zero-order valence-electron chi connectivity index (χ0n) is 21.6. The van der Waals surface area contributed by atoms with Crippen molar-refractivity contribution in [1.29, 1.82) is 0 Å². The Kier molecular flexibility index (Phi) is 8.31. The first kappa shape index (κ1) is 29.9. The Hall–Kier alpha value is -4.10. The van der Waals surface area contributed by atoms with Gasteiger partial charge in [0.1, 0.15) is 11.4 Å². The number of nitrogens with zero attached hydrogens (tertiary/aromatic N) is 3. The number of hydrogen-bond donors (Lipinski definition) is 2. The minimum absolute atomic E-state index is 0.0131. The van der Waals surface area contributed by atoms with Crippen molar-refractivity contribution in [2.45, 2.75) is 51.2 Å². The second kappa shape index (κ2) is 11.4. The van der Waals surface area contributed by atoms with E-state index in [0.29, 0.717) is 5.56 Å². The lowest BCUT2D eigenvalue weighted by atomic mass is 9.99. The van der Waals surface area contributed by atoms with Gasteiger partial charge in [0.25, 0.3) is 5.91 Å². The average Bonchev–Trinajstić information content (AvgIpc) is 3.47. The van der Waals surface area contributed by atoms with Crippen molar-refractivity contribution in [1.82, 2.24) is 15.1 Å². The number of amides is 1. The molecule has 3 aromatic rings. The molecule has 0 fully saturated rings. The zero-order valence-corrected chi connectivity index (χ0v) is 21.6. The fraction of sp³-hybridized carbons (Fsp3) is 0.370. The normalized spacial score (nSPS) is 14.2. The van der Waals surface area contributed by atoms with Gasteiger partial charge in [0.05, 0.1) is 30.4 Å². The summed E-state index contributed by atoms with van der Waals surface area (Å²) in [5, 5.41) is 15.1. The van der Waals surface area contributed by atoms with Gasteiger partial charge < -0.3 is 15.3 Å². The van der Waals surface area contributed by atoms with E-state index in [1.807, 2.05) is 0 Å². The Bertz CT molecular complexity index is 1430. The van der Waals surface area contributed by atoms with Crippen molar-refractivity contribution < 1.29 is 45.4 Å². The second-order valence-corrected chi connectivity index (χ2v) is 9.59. The van der Waals surface area contributed by atoms with Crippen molar-refractivity contribution in [2.75, 3.05) is 18.1 Å². The summed E-state index contributed by atoms with van der Waals surface area (Å²) < 4.78 is 96.5. The number of alkyl halides is 7. The van der Waals surface area contributed by atoms with E-state index in [2.05, 4.69) is 10.4 Å². The molecule has 7 nitrogen and oxygen atoms in total. The molecule has 0 aliphatic carbocycles. The fourth-order valence-corrected chi connectivity index (χ4v) is 4.76. The molecule has 0 saturated carbocycles. The number of carboxylic acid groups (broad SMARTS) is 1. The molecule has 220 valence electrons. The molecule has 14 heteroatoms. The highest BCUT2D eigenvalue weighted by atomic mass is 19.4. The minimum Gasteiger partial charge on any atom is -0.478 e. The number of carbonyl (C=O) groups is 2. The lowest BCUT2D eigenvalue weighted by molar-refractivity contribution is -0.142. The van der Waals surface area contributed by atoms with Crippen LogP contribution in [-0.2, 0) is 31.9 Å². The van der Waals surface area contributed by atoms with Gasteiger partial charge in [0, 0.05) is 13.1 Å². The summed E-state index contributed by atoms with van der Waals surface area (Å²) in [5.41, 5.74) is -2.67. The third-order valence-electron chi connectivity index (χ3n) is 6.74. The number of rotatable bonds is 9. The summed E-state index contributed by atoms with van der Waals surface area (Å²) in [7, 11) is 0. The van der Waals surface area contributed by atoms with Crippen LogP contribution in [0.4, 0.5) is 36.6 Å². The number of aromatic carboxylic acids is 1. The molecule has 0 radical (unpaired) electrons. The van der Waals surface area contributed by atoms with Crippen molar-refractivity contribution in [3.05, 3.63) is 81.5 Å². The predicted molar refractivity (Wildman–Crippen MR) is 133 cm³/mol. The Morgan fingerprint density at radius 2 is 1.71 bits per heavy atom. The SMILES string of the molecule is C[C@H](NC(=O)c1c(C(F)(F)F)nn2c1N(Cc1ccc(CCCF)c(C(F)(F)F)c1)CC2)c1ccc(C(=O)O)cc1. The van der Waals surface area contributed by atoms with Gasteiger partial charge in [0.2, 0.25) is 0 Å². The van der Waals surface area contributed by atoms with E-state index in [9.17, 15) is 40.3 Å². The zero-order chi connectivity index (χ0) is 30.1. The van der Waals surface area contributed by atoms with Gasteiger partial charge in [-0.2, -0.15) is 31.4 Å². The van der Waals surface area contributed by atoms with E-state index in [4.69, 9.17) is 5.11 Å². The van der Waals surface area contributed by atoms with Crippen LogP contribution in [0.15, 0.2) is 42.5 Å². The molecule has 0 unspecified atom stereocenters. The van der Waals surface area contributed by atoms with Crippen molar-refractivity contribution in [3.8, 4) is 0 Å². The van der Waals surface area contributed by atoms with Gasteiger partial charge in [-0.25, -0.2) is 9.48 Å². The molecule has 41 heavy (non-hydrogen) atoms. The molecular formula is C27H25F7N4O3. The molecule has 0 bridgehead atoms. The van der Waals surface area contributed by atoms with E-state index < -0.39 is 53.8 Å². The molecule has 0 saturated heterocycles. The molecule has 1 amide bonds. The molecule has 1 aliphatic heterocycles. The second-order valence-electron chi connectivity index (χ2n) is 9.59.